The van der Waals surface area contributed by atoms with Gasteiger partial charge in [-0.15, -0.1) is 0 Å². The van der Waals surface area contributed by atoms with Gasteiger partial charge in [-0.25, -0.2) is 0 Å². The van der Waals surface area contributed by atoms with Crippen molar-refractivity contribution in [1.29, 1.82) is 0 Å². The number of fused-ring (bicyclic) bond motifs is 5. The molecule has 3 heterocycles. The average molecular weight is 380 g/mol. The van der Waals surface area contributed by atoms with Crippen LogP contribution in [0.3, 0.4) is 0 Å². The second-order valence-corrected chi connectivity index (χ2v) is 7.70. The first-order valence-corrected chi connectivity index (χ1v) is 9.34. The summed E-state index contributed by atoms with van der Waals surface area (Å²) in [4.78, 5) is 30.7. The Bertz CT molecular complexity index is 1110. The van der Waals surface area contributed by atoms with Gasteiger partial charge in [0, 0.05) is 28.4 Å². The maximum absolute atomic E-state index is 12.9. The molecule has 6 heteroatoms. The summed E-state index contributed by atoms with van der Waals surface area (Å²) in [6.07, 6.45) is 0. The molecule has 2 amide bonds. The number of carbonyl (C=O) groups is 2. The molecule has 2 aliphatic rings. The summed E-state index contributed by atoms with van der Waals surface area (Å²) in [5.74, 6) is -0.348. The molecule has 2 aromatic carbocycles. The predicted octanol–water partition coefficient (Wildman–Crippen LogP) is 3.14. The zero-order valence-corrected chi connectivity index (χ0v) is 15.5. The molecule has 3 aromatic rings. The molecular formula is C21H18ClN3O2. The number of aromatic amines is 1. The average Bonchev–Trinajstić information content (AvgIpc) is 3.07. The summed E-state index contributed by atoms with van der Waals surface area (Å²) in [5, 5.41) is 4.47. The van der Waals surface area contributed by atoms with E-state index in [1.54, 1.807) is 4.90 Å². The zero-order chi connectivity index (χ0) is 18.8. The van der Waals surface area contributed by atoms with Crippen molar-refractivity contribution in [3.63, 3.8) is 0 Å². The Morgan fingerprint density at radius 2 is 1.85 bits per heavy atom. The van der Waals surface area contributed by atoms with E-state index in [2.05, 4.69) is 16.4 Å². The van der Waals surface area contributed by atoms with Gasteiger partial charge in [-0.1, -0.05) is 48.0 Å². The van der Waals surface area contributed by atoms with Gasteiger partial charge in [-0.3, -0.25) is 9.59 Å². The van der Waals surface area contributed by atoms with Crippen LogP contribution in [0.5, 0.6) is 0 Å². The normalized spacial score (nSPS) is 24.5. The van der Waals surface area contributed by atoms with E-state index >= 15 is 0 Å². The Morgan fingerprint density at radius 1 is 1.11 bits per heavy atom. The van der Waals surface area contributed by atoms with Crippen LogP contribution in [0.1, 0.15) is 29.7 Å². The molecule has 1 fully saturated rings. The highest BCUT2D eigenvalue weighted by Gasteiger charge is 2.54. The van der Waals surface area contributed by atoms with Crippen LogP contribution in [0.25, 0.3) is 10.9 Å². The van der Waals surface area contributed by atoms with E-state index in [1.165, 1.54) is 0 Å². The van der Waals surface area contributed by atoms with Crippen molar-refractivity contribution < 1.29 is 9.59 Å². The minimum atomic E-state index is -1.05. The van der Waals surface area contributed by atoms with E-state index < -0.39 is 5.54 Å². The van der Waals surface area contributed by atoms with Gasteiger partial charge < -0.3 is 15.2 Å². The fourth-order valence-electron chi connectivity index (χ4n) is 4.52. The van der Waals surface area contributed by atoms with E-state index in [4.69, 9.17) is 11.6 Å². The number of piperazine rings is 1. The van der Waals surface area contributed by atoms with Crippen LogP contribution in [-0.2, 0) is 15.1 Å². The van der Waals surface area contributed by atoms with Gasteiger partial charge in [-0.05, 0) is 30.2 Å². The van der Waals surface area contributed by atoms with Crippen LogP contribution in [0.15, 0.2) is 48.5 Å². The molecule has 2 aliphatic heterocycles. The SMILES string of the molecule is CC12C(=O)NCC(=O)N1CC(c1ccccc1Cl)c1c2[nH]c2ccccc12. The molecule has 5 rings (SSSR count). The fourth-order valence-corrected chi connectivity index (χ4v) is 4.79. The van der Waals surface area contributed by atoms with Crippen LogP contribution in [0.4, 0.5) is 0 Å². The topological polar surface area (TPSA) is 65.2 Å². The van der Waals surface area contributed by atoms with Crippen molar-refractivity contribution >= 4 is 34.3 Å². The number of halogens is 1. The Labute approximate surface area is 161 Å². The summed E-state index contributed by atoms with van der Waals surface area (Å²) < 4.78 is 0. The first-order valence-electron chi connectivity index (χ1n) is 8.96. The standard InChI is InChI=1S/C21H18ClN3O2/c1-21-19-18(13-7-3-5-9-16(13)24-19)14(12-6-2-4-8-15(12)22)11-25(21)17(26)10-23-20(21)27/h2-9,14,24H,10-11H2,1H3,(H,23,27). The van der Waals surface area contributed by atoms with Gasteiger partial charge in [-0.2, -0.15) is 0 Å². The lowest BCUT2D eigenvalue weighted by Gasteiger charge is -2.48. The second-order valence-electron chi connectivity index (χ2n) is 7.29. The predicted molar refractivity (Wildman–Crippen MR) is 104 cm³/mol. The quantitative estimate of drug-likeness (QED) is 0.682. The molecule has 0 spiro atoms. The van der Waals surface area contributed by atoms with Gasteiger partial charge >= 0.3 is 0 Å². The summed E-state index contributed by atoms with van der Waals surface area (Å²) in [5.41, 5.74) is 2.67. The fraction of sp³-hybridized carbons (Fsp3) is 0.238. The van der Waals surface area contributed by atoms with Crippen molar-refractivity contribution in [2.45, 2.75) is 18.4 Å². The summed E-state index contributed by atoms with van der Waals surface area (Å²) in [6.45, 7) is 2.26. The van der Waals surface area contributed by atoms with Crippen LogP contribution in [0, 0.1) is 0 Å². The molecule has 2 atom stereocenters. The number of benzene rings is 2. The third-order valence-electron chi connectivity index (χ3n) is 5.91. The summed E-state index contributed by atoms with van der Waals surface area (Å²) >= 11 is 6.52. The van der Waals surface area contributed by atoms with Crippen molar-refractivity contribution in [2.75, 3.05) is 13.1 Å². The van der Waals surface area contributed by atoms with Gasteiger partial charge in [0.05, 0.1) is 12.2 Å². The largest absolute Gasteiger partial charge is 0.356 e. The molecule has 2 N–H and O–H groups in total. The molecule has 0 saturated carbocycles. The third kappa shape index (κ3) is 2.12. The Kier molecular flexibility index (Phi) is 3.40. The van der Waals surface area contributed by atoms with Crippen LogP contribution in [-0.4, -0.2) is 34.8 Å². The van der Waals surface area contributed by atoms with Crippen molar-refractivity contribution in [3.8, 4) is 0 Å². The summed E-state index contributed by atoms with van der Waals surface area (Å²) in [6, 6.07) is 15.7. The maximum atomic E-state index is 12.9. The number of hydrogen-bond acceptors (Lipinski definition) is 2. The van der Waals surface area contributed by atoms with Crippen molar-refractivity contribution in [1.82, 2.24) is 15.2 Å². The lowest BCUT2D eigenvalue weighted by molar-refractivity contribution is -0.154. The molecular weight excluding hydrogens is 362 g/mol. The van der Waals surface area contributed by atoms with Crippen LogP contribution in [0.2, 0.25) is 5.02 Å². The third-order valence-corrected chi connectivity index (χ3v) is 6.25. The molecule has 0 bridgehead atoms. The van der Waals surface area contributed by atoms with Gasteiger partial charge in [0.25, 0.3) is 5.91 Å². The van der Waals surface area contributed by atoms with Gasteiger partial charge in [0.1, 0.15) is 0 Å². The number of para-hydroxylation sites is 1. The molecule has 0 aliphatic carbocycles. The zero-order valence-electron chi connectivity index (χ0n) is 14.8. The Morgan fingerprint density at radius 3 is 2.67 bits per heavy atom. The lowest BCUT2D eigenvalue weighted by atomic mass is 9.76. The van der Waals surface area contributed by atoms with Crippen LogP contribution < -0.4 is 5.32 Å². The minimum Gasteiger partial charge on any atom is -0.356 e. The number of nitrogens with zero attached hydrogens (tertiary/aromatic N) is 1. The minimum absolute atomic E-state index is 0.0270. The number of carbonyl (C=O) groups excluding carboxylic acids is 2. The van der Waals surface area contributed by atoms with E-state index in [1.807, 2.05) is 49.4 Å². The number of H-pyrrole nitrogens is 1. The van der Waals surface area contributed by atoms with E-state index in [9.17, 15) is 9.59 Å². The molecule has 27 heavy (non-hydrogen) atoms. The summed E-state index contributed by atoms with van der Waals surface area (Å²) in [7, 11) is 0. The molecule has 2 unspecified atom stereocenters. The highest BCUT2D eigenvalue weighted by atomic mass is 35.5. The first-order chi connectivity index (χ1) is 13.0. The van der Waals surface area contributed by atoms with Crippen molar-refractivity contribution in [2.24, 2.45) is 0 Å². The molecule has 1 saturated heterocycles. The number of hydrogen-bond donors (Lipinski definition) is 2. The monoisotopic (exact) mass is 379 g/mol. The maximum Gasteiger partial charge on any atom is 0.252 e. The van der Waals surface area contributed by atoms with Gasteiger partial charge in [0.15, 0.2) is 5.54 Å². The first kappa shape index (κ1) is 16.4. The number of nitrogens with one attached hydrogen (secondary N) is 2. The number of amides is 2. The highest BCUT2D eigenvalue weighted by Crippen LogP contribution is 2.47. The molecule has 0 radical (unpaired) electrons. The lowest BCUT2D eigenvalue weighted by Crippen LogP contribution is -2.66. The number of rotatable bonds is 1. The Hall–Kier alpha value is -2.79. The highest BCUT2D eigenvalue weighted by molar-refractivity contribution is 6.31. The van der Waals surface area contributed by atoms with Crippen LogP contribution >= 0.6 is 11.6 Å². The van der Waals surface area contributed by atoms with E-state index in [0.29, 0.717) is 11.6 Å². The molecule has 136 valence electrons. The van der Waals surface area contributed by atoms with Crippen molar-refractivity contribution in [3.05, 3.63) is 70.4 Å². The van der Waals surface area contributed by atoms with Gasteiger partial charge in [0.2, 0.25) is 5.91 Å². The Balaban J connectivity index is 1.84. The molecule has 1 aromatic heterocycles. The molecule has 5 nitrogen and oxygen atoms in total. The second kappa shape index (κ2) is 5.60. The van der Waals surface area contributed by atoms with E-state index in [0.717, 1.165) is 27.7 Å². The number of aromatic nitrogens is 1. The van der Waals surface area contributed by atoms with E-state index in [-0.39, 0.29) is 24.3 Å². The smallest absolute Gasteiger partial charge is 0.252 e.